The average Bonchev–Trinajstić information content (AvgIpc) is 2.44. The van der Waals surface area contributed by atoms with E-state index in [2.05, 4.69) is 5.32 Å². The van der Waals surface area contributed by atoms with E-state index in [1.165, 1.54) is 25.7 Å². The van der Waals surface area contributed by atoms with Crippen molar-refractivity contribution in [2.45, 2.75) is 51.2 Å². The minimum absolute atomic E-state index is 0.312. The zero-order chi connectivity index (χ0) is 13.9. The molecule has 1 N–H and O–H groups in total. The molecular weight excluding hydrogens is 260 g/mol. The van der Waals surface area contributed by atoms with Crippen molar-refractivity contribution in [3.8, 4) is 0 Å². The summed E-state index contributed by atoms with van der Waals surface area (Å²) >= 11 is 0. The Balaban J connectivity index is 1.97. The zero-order valence-corrected chi connectivity index (χ0v) is 13.1. The van der Waals surface area contributed by atoms with Gasteiger partial charge in [0.2, 0.25) is 10.0 Å². The van der Waals surface area contributed by atoms with Gasteiger partial charge in [0.1, 0.15) is 0 Å². The highest BCUT2D eigenvalue weighted by molar-refractivity contribution is 7.89. The molecule has 1 aliphatic heterocycles. The maximum atomic E-state index is 12.6. The van der Waals surface area contributed by atoms with Gasteiger partial charge in [0.15, 0.2) is 0 Å². The molecule has 0 aromatic heterocycles. The van der Waals surface area contributed by atoms with Crippen LogP contribution < -0.4 is 5.32 Å². The van der Waals surface area contributed by atoms with Crippen molar-refractivity contribution in [1.82, 2.24) is 9.62 Å². The van der Waals surface area contributed by atoms with E-state index >= 15 is 0 Å². The Morgan fingerprint density at radius 2 is 1.89 bits per heavy atom. The smallest absolute Gasteiger partial charge is 0.217 e. The molecule has 5 heteroatoms. The Kier molecular flexibility index (Phi) is 5.26. The minimum Gasteiger partial charge on any atom is -0.316 e. The summed E-state index contributed by atoms with van der Waals surface area (Å²) in [6.45, 7) is 6.72. The standard InChI is InChI=1S/C14H28N2O2S/c1-3-15-10-12(2)19(17,18)16-9-8-13-6-4-5-7-14(13)11-16/h12-15H,3-11H2,1-2H3. The summed E-state index contributed by atoms with van der Waals surface area (Å²) in [7, 11) is -3.11. The molecule has 1 saturated carbocycles. The highest BCUT2D eigenvalue weighted by atomic mass is 32.2. The summed E-state index contributed by atoms with van der Waals surface area (Å²) in [5.74, 6) is 1.40. The topological polar surface area (TPSA) is 49.4 Å². The Morgan fingerprint density at radius 1 is 1.21 bits per heavy atom. The second-order valence-electron chi connectivity index (χ2n) is 6.11. The van der Waals surface area contributed by atoms with Crippen molar-refractivity contribution >= 4 is 10.0 Å². The molecule has 1 heterocycles. The molecule has 2 fully saturated rings. The first-order chi connectivity index (χ1) is 9.05. The van der Waals surface area contributed by atoms with Crippen LogP contribution >= 0.6 is 0 Å². The van der Waals surface area contributed by atoms with Gasteiger partial charge in [0.05, 0.1) is 5.25 Å². The Hall–Kier alpha value is -0.130. The fraction of sp³-hybridized carbons (Fsp3) is 1.00. The van der Waals surface area contributed by atoms with Crippen molar-refractivity contribution in [2.75, 3.05) is 26.2 Å². The van der Waals surface area contributed by atoms with Crippen LogP contribution in [0, 0.1) is 11.8 Å². The van der Waals surface area contributed by atoms with Gasteiger partial charge >= 0.3 is 0 Å². The van der Waals surface area contributed by atoms with Gasteiger partial charge in [-0.2, -0.15) is 0 Å². The van der Waals surface area contributed by atoms with Crippen molar-refractivity contribution in [3.63, 3.8) is 0 Å². The number of fused-ring (bicyclic) bond motifs is 1. The lowest BCUT2D eigenvalue weighted by Gasteiger charge is -2.41. The molecule has 1 aliphatic carbocycles. The van der Waals surface area contributed by atoms with Crippen LogP contribution in [0.5, 0.6) is 0 Å². The van der Waals surface area contributed by atoms with E-state index in [1.807, 2.05) is 13.8 Å². The van der Waals surface area contributed by atoms with Gasteiger partial charge < -0.3 is 5.32 Å². The van der Waals surface area contributed by atoms with Crippen molar-refractivity contribution in [2.24, 2.45) is 11.8 Å². The lowest BCUT2D eigenvalue weighted by atomic mass is 9.76. The SMILES string of the molecule is CCNCC(C)S(=O)(=O)N1CCC2CCCCC2C1. The second-order valence-corrected chi connectivity index (χ2v) is 8.47. The molecule has 0 bridgehead atoms. The maximum absolute atomic E-state index is 12.6. The number of hydrogen-bond donors (Lipinski definition) is 1. The van der Waals surface area contributed by atoms with E-state index < -0.39 is 10.0 Å². The van der Waals surface area contributed by atoms with Crippen LogP contribution in [-0.4, -0.2) is 44.2 Å². The van der Waals surface area contributed by atoms with E-state index in [1.54, 1.807) is 4.31 Å². The highest BCUT2D eigenvalue weighted by Gasteiger charge is 2.37. The molecule has 0 aromatic carbocycles. The molecule has 0 spiro atoms. The van der Waals surface area contributed by atoms with Gasteiger partial charge in [-0.1, -0.05) is 26.2 Å². The molecule has 19 heavy (non-hydrogen) atoms. The third-order valence-corrected chi connectivity index (χ3v) is 7.04. The number of nitrogens with one attached hydrogen (secondary N) is 1. The summed E-state index contributed by atoms with van der Waals surface area (Å²) in [5, 5.41) is 2.83. The summed E-state index contributed by atoms with van der Waals surface area (Å²) in [6.07, 6.45) is 6.22. The lowest BCUT2D eigenvalue weighted by Crippen LogP contribution is -2.49. The average molecular weight is 288 g/mol. The van der Waals surface area contributed by atoms with Crippen molar-refractivity contribution in [1.29, 1.82) is 0 Å². The van der Waals surface area contributed by atoms with Crippen molar-refractivity contribution in [3.05, 3.63) is 0 Å². The van der Waals surface area contributed by atoms with Gasteiger partial charge in [-0.15, -0.1) is 0 Å². The van der Waals surface area contributed by atoms with Gasteiger partial charge in [-0.05, 0) is 38.1 Å². The summed E-state index contributed by atoms with van der Waals surface area (Å²) in [5.41, 5.74) is 0. The molecule has 1 saturated heterocycles. The van der Waals surface area contributed by atoms with Gasteiger partial charge in [-0.3, -0.25) is 0 Å². The largest absolute Gasteiger partial charge is 0.316 e. The van der Waals surface area contributed by atoms with Crippen LogP contribution in [0.25, 0.3) is 0 Å². The number of rotatable bonds is 5. The fourth-order valence-corrected chi connectivity index (χ4v) is 5.10. The minimum atomic E-state index is -3.11. The normalized spacial score (nSPS) is 30.8. The predicted molar refractivity (Wildman–Crippen MR) is 78.6 cm³/mol. The number of piperidine rings is 1. The lowest BCUT2D eigenvalue weighted by molar-refractivity contribution is 0.136. The van der Waals surface area contributed by atoms with Crippen LogP contribution in [0.3, 0.4) is 0 Å². The van der Waals surface area contributed by atoms with Gasteiger partial charge in [-0.25, -0.2) is 12.7 Å². The van der Waals surface area contributed by atoms with Crippen LogP contribution in [0.15, 0.2) is 0 Å². The summed E-state index contributed by atoms with van der Waals surface area (Å²) < 4.78 is 26.9. The third kappa shape index (κ3) is 3.50. The number of hydrogen-bond acceptors (Lipinski definition) is 3. The number of nitrogens with zero attached hydrogens (tertiary/aromatic N) is 1. The molecule has 4 nitrogen and oxygen atoms in total. The molecule has 2 aliphatic rings. The van der Waals surface area contributed by atoms with Crippen molar-refractivity contribution < 1.29 is 8.42 Å². The van der Waals surface area contributed by atoms with Crippen LogP contribution in [0.2, 0.25) is 0 Å². The molecular formula is C14H28N2O2S. The second kappa shape index (κ2) is 6.55. The summed E-state index contributed by atoms with van der Waals surface area (Å²) in [4.78, 5) is 0. The molecule has 3 unspecified atom stereocenters. The van der Waals surface area contributed by atoms with E-state index in [0.717, 1.165) is 32.0 Å². The highest BCUT2D eigenvalue weighted by Crippen LogP contribution is 2.37. The van der Waals surface area contributed by atoms with Gasteiger partial charge in [0, 0.05) is 19.6 Å². The summed E-state index contributed by atoms with van der Waals surface area (Å²) in [6, 6.07) is 0. The van der Waals surface area contributed by atoms with E-state index in [0.29, 0.717) is 12.5 Å². The monoisotopic (exact) mass is 288 g/mol. The zero-order valence-electron chi connectivity index (χ0n) is 12.3. The molecule has 0 radical (unpaired) electrons. The Morgan fingerprint density at radius 3 is 2.58 bits per heavy atom. The quantitative estimate of drug-likeness (QED) is 0.839. The first-order valence-corrected chi connectivity index (χ1v) is 9.25. The molecule has 2 rings (SSSR count). The number of sulfonamides is 1. The fourth-order valence-electron chi connectivity index (χ4n) is 3.51. The van der Waals surface area contributed by atoms with Crippen LogP contribution in [-0.2, 0) is 10.0 Å². The Labute approximate surface area is 118 Å². The molecule has 0 amide bonds. The van der Waals surface area contributed by atoms with E-state index in [4.69, 9.17) is 0 Å². The molecule has 3 atom stereocenters. The van der Waals surface area contributed by atoms with E-state index in [-0.39, 0.29) is 5.25 Å². The Bertz CT molecular complexity index is 383. The molecule has 0 aromatic rings. The predicted octanol–water partition coefficient (Wildman–Crippen LogP) is 1.83. The third-order valence-electron chi connectivity index (χ3n) is 4.80. The van der Waals surface area contributed by atoms with E-state index in [9.17, 15) is 8.42 Å². The maximum Gasteiger partial charge on any atom is 0.217 e. The first kappa shape index (κ1) is 15.3. The molecule has 112 valence electrons. The van der Waals surface area contributed by atoms with Crippen LogP contribution in [0.4, 0.5) is 0 Å². The van der Waals surface area contributed by atoms with Gasteiger partial charge in [0.25, 0.3) is 0 Å². The first-order valence-electron chi connectivity index (χ1n) is 7.75. The van der Waals surface area contributed by atoms with Crippen LogP contribution in [0.1, 0.15) is 46.0 Å².